The van der Waals surface area contributed by atoms with Crippen molar-refractivity contribution < 1.29 is 4.79 Å². The molecule has 5 heteroatoms. The van der Waals surface area contributed by atoms with E-state index in [1.54, 1.807) is 6.07 Å². The maximum Gasteiger partial charge on any atom is 0.235 e. The molecule has 1 amide bonds. The maximum absolute atomic E-state index is 11.8. The minimum absolute atomic E-state index is 0.0713. The number of rotatable bonds is 4. The molecule has 0 radical (unpaired) electrons. The Morgan fingerprint density at radius 3 is 2.68 bits per heavy atom. The van der Waals surface area contributed by atoms with Gasteiger partial charge in [0.05, 0.1) is 5.75 Å². The highest BCUT2D eigenvalue weighted by Gasteiger charge is 2.04. The molecule has 0 spiro atoms. The first-order chi connectivity index (χ1) is 9.13. The lowest BCUT2D eigenvalue weighted by molar-refractivity contribution is -0.113. The summed E-state index contributed by atoms with van der Waals surface area (Å²) in [6, 6.07) is 12.9. The smallest absolute Gasteiger partial charge is 0.235 e. The first-order valence-electron chi connectivity index (χ1n) is 5.75. The van der Waals surface area contributed by atoms with Crippen LogP contribution in [0.3, 0.4) is 0 Å². The van der Waals surface area contributed by atoms with Crippen molar-refractivity contribution in [1.82, 2.24) is 4.98 Å². The third kappa shape index (κ3) is 4.58. The largest absolute Gasteiger partial charge is 0.310 e. The number of amides is 1. The number of aromatic nitrogens is 1. The normalized spacial score (nSPS) is 10.2. The lowest BCUT2D eigenvalue weighted by atomic mass is 10.4. The Kier molecular flexibility index (Phi) is 4.82. The summed E-state index contributed by atoms with van der Waals surface area (Å²) in [6.07, 6.45) is 0. The summed E-state index contributed by atoms with van der Waals surface area (Å²) in [7, 11) is 0. The van der Waals surface area contributed by atoms with Gasteiger partial charge in [0, 0.05) is 15.6 Å². The molecule has 3 nitrogen and oxygen atoms in total. The average molecular weight is 293 g/mol. The average Bonchev–Trinajstić information content (AvgIpc) is 2.38. The number of halogens is 1. The van der Waals surface area contributed by atoms with E-state index in [4.69, 9.17) is 11.6 Å². The summed E-state index contributed by atoms with van der Waals surface area (Å²) in [5.41, 5.74) is 0.878. The van der Waals surface area contributed by atoms with Gasteiger partial charge in [0.2, 0.25) is 5.91 Å². The van der Waals surface area contributed by atoms with Crippen molar-refractivity contribution in [3.8, 4) is 0 Å². The van der Waals surface area contributed by atoms with Crippen LogP contribution in [0.15, 0.2) is 47.4 Å². The SMILES string of the molecule is Cc1cccc(NC(=O)CSc2ccc(Cl)cc2)n1. The zero-order valence-electron chi connectivity index (χ0n) is 10.4. The molecule has 0 saturated carbocycles. The second-order valence-electron chi connectivity index (χ2n) is 3.95. The lowest BCUT2D eigenvalue weighted by Gasteiger charge is -2.05. The Labute approximate surface area is 121 Å². The molecule has 1 N–H and O–H groups in total. The predicted molar refractivity (Wildman–Crippen MR) is 79.8 cm³/mol. The van der Waals surface area contributed by atoms with E-state index in [-0.39, 0.29) is 5.91 Å². The number of benzene rings is 1. The van der Waals surface area contributed by atoms with Crippen LogP contribution in [-0.2, 0) is 4.79 Å². The van der Waals surface area contributed by atoms with Crippen molar-refractivity contribution in [2.45, 2.75) is 11.8 Å². The molecule has 0 aliphatic rings. The zero-order chi connectivity index (χ0) is 13.7. The van der Waals surface area contributed by atoms with Crippen LogP contribution in [0.5, 0.6) is 0 Å². The fraction of sp³-hybridized carbons (Fsp3) is 0.143. The third-order valence-electron chi connectivity index (χ3n) is 2.34. The Morgan fingerprint density at radius 2 is 2.00 bits per heavy atom. The zero-order valence-corrected chi connectivity index (χ0v) is 12.0. The van der Waals surface area contributed by atoms with E-state index in [1.165, 1.54) is 11.8 Å². The van der Waals surface area contributed by atoms with E-state index < -0.39 is 0 Å². The molecule has 0 unspecified atom stereocenters. The summed E-state index contributed by atoms with van der Waals surface area (Å²) < 4.78 is 0. The number of nitrogens with zero attached hydrogens (tertiary/aromatic N) is 1. The summed E-state index contributed by atoms with van der Waals surface area (Å²) in [5.74, 6) is 0.858. The monoisotopic (exact) mass is 292 g/mol. The van der Waals surface area contributed by atoms with E-state index in [1.807, 2.05) is 43.3 Å². The van der Waals surface area contributed by atoms with Gasteiger partial charge in [-0.3, -0.25) is 4.79 Å². The quantitative estimate of drug-likeness (QED) is 0.872. The highest BCUT2D eigenvalue weighted by molar-refractivity contribution is 8.00. The summed E-state index contributed by atoms with van der Waals surface area (Å²) >= 11 is 7.26. The van der Waals surface area contributed by atoms with Gasteiger partial charge >= 0.3 is 0 Å². The van der Waals surface area contributed by atoms with Crippen LogP contribution < -0.4 is 5.32 Å². The molecule has 1 aromatic carbocycles. The van der Waals surface area contributed by atoms with Gasteiger partial charge in [0.25, 0.3) is 0 Å². The van der Waals surface area contributed by atoms with Gasteiger partial charge < -0.3 is 5.32 Å². The van der Waals surface area contributed by atoms with E-state index in [2.05, 4.69) is 10.3 Å². The molecule has 0 aliphatic heterocycles. The second kappa shape index (κ2) is 6.59. The van der Waals surface area contributed by atoms with Gasteiger partial charge in [-0.1, -0.05) is 17.7 Å². The van der Waals surface area contributed by atoms with Crippen molar-refractivity contribution in [3.05, 3.63) is 53.2 Å². The van der Waals surface area contributed by atoms with Crippen LogP contribution in [0.4, 0.5) is 5.82 Å². The molecule has 1 heterocycles. The Hall–Kier alpha value is -1.52. The number of carbonyl (C=O) groups is 1. The molecule has 98 valence electrons. The molecule has 0 atom stereocenters. The fourth-order valence-corrected chi connectivity index (χ4v) is 2.30. The number of nitrogens with one attached hydrogen (secondary N) is 1. The molecule has 0 fully saturated rings. The number of hydrogen-bond donors (Lipinski definition) is 1. The highest BCUT2D eigenvalue weighted by atomic mass is 35.5. The molecule has 0 saturated heterocycles. The summed E-state index contributed by atoms with van der Waals surface area (Å²) in [5, 5.41) is 3.46. The molecule has 19 heavy (non-hydrogen) atoms. The Morgan fingerprint density at radius 1 is 1.26 bits per heavy atom. The number of aryl methyl sites for hydroxylation is 1. The van der Waals surface area contributed by atoms with E-state index in [9.17, 15) is 4.79 Å². The fourth-order valence-electron chi connectivity index (χ4n) is 1.47. The number of hydrogen-bond acceptors (Lipinski definition) is 3. The van der Waals surface area contributed by atoms with Crippen LogP contribution in [0, 0.1) is 6.92 Å². The van der Waals surface area contributed by atoms with Gasteiger partial charge in [0.15, 0.2) is 0 Å². The molecule has 2 rings (SSSR count). The number of pyridine rings is 1. The second-order valence-corrected chi connectivity index (χ2v) is 5.44. The standard InChI is InChI=1S/C14H13ClN2OS/c1-10-3-2-4-13(16-10)17-14(18)9-19-12-7-5-11(15)6-8-12/h2-8H,9H2,1H3,(H,16,17,18). The van der Waals surface area contributed by atoms with Gasteiger partial charge in [-0.2, -0.15) is 0 Å². The first kappa shape index (κ1) is 13.9. The molecule has 1 aromatic heterocycles. The van der Waals surface area contributed by atoms with Gasteiger partial charge in [-0.15, -0.1) is 11.8 Å². The molecule has 0 bridgehead atoms. The van der Waals surface area contributed by atoms with Crippen molar-refractivity contribution in [2.75, 3.05) is 11.1 Å². The maximum atomic E-state index is 11.8. The first-order valence-corrected chi connectivity index (χ1v) is 7.12. The van der Waals surface area contributed by atoms with Crippen LogP contribution >= 0.6 is 23.4 Å². The van der Waals surface area contributed by atoms with Crippen molar-refractivity contribution in [3.63, 3.8) is 0 Å². The molecular weight excluding hydrogens is 280 g/mol. The predicted octanol–water partition coefficient (Wildman–Crippen LogP) is 3.77. The van der Waals surface area contributed by atoms with Gasteiger partial charge in [0.1, 0.15) is 5.82 Å². The molecule has 2 aromatic rings. The van der Waals surface area contributed by atoms with Crippen molar-refractivity contribution in [2.24, 2.45) is 0 Å². The van der Waals surface area contributed by atoms with E-state index >= 15 is 0 Å². The lowest BCUT2D eigenvalue weighted by Crippen LogP contribution is -2.15. The van der Waals surface area contributed by atoms with Crippen LogP contribution in [0.25, 0.3) is 0 Å². The van der Waals surface area contributed by atoms with Crippen LogP contribution in [-0.4, -0.2) is 16.6 Å². The molecular formula is C14H13ClN2OS. The van der Waals surface area contributed by atoms with Gasteiger partial charge in [-0.05, 0) is 43.3 Å². The number of carbonyl (C=O) groups excluding carboxylic acids is 1. The Balaban J connectivity index is 1.86. The topological polar surface area (TPSA) is 42.0 Å². The van der Waals surface area contributed by atoms with Crippen molar-refractivity contribution in [1.29, 1.82) is 0 Å². The number of anilines is 1. The van der Waals surface area contributed by atoms with Crippen LogP contribution in [0.2, 0.25) is 5.02 Å². The third-order valence-corrected chi connectivity index (χ3v) is 3.60. The van der Waals surface area contributed by atoms with Crippen molar-refractivity contribution >= 4 is 35.1 Å². The minimum Gasteiger partial charge on any atom is -0.310 e. The van der Waals surface area contributed by atoms with E-state index in [0.717, 1.165) is 10.6 Å². The van der Waals surface area contributed by atoms with E-state index in [0.29, 0.717) is 16.6 Å². The molecule has 0 aliphatic carbocycles. The highest BCUT2D eigenvalue weighted by Crippen LogP contribution is 2.20. The minimum atomic E-state index is -0.0713. The summed E-state index contributed by atoms with van der Waals surface area (Å²) in [4.78, 5) is 17.0. The van der Waals surface area contributed by atoms with Gasteiger partial charge in [-0.25, -0.2) is 4.98 Å². The van der Waals surface area contributed by atoms with Crippen LogP contribution in [0.1, 0.15) is 5.69 Å². The Bertz CT molecular complexity index is 572. The summed E-state index contributed by atoms with van der Waals surface area (Å²) in [6.45, 7) is 1.89. The number of thioether (sulfide) groups is 1.